The summed E-state index contributed by atoms with van der Waals surface area (Å²) in [5.41, 5.74) is -2.29. The first kappa shape index (κ1) is 17.0. The lowest BCUT2D eigenvalue weighted by Gasteiger charge is -2.36. The van der Waals surface area contributed by atoms with E-state index in [9.17, 15) is 30.7 Å². The van der Waals surface area contributed by atoms with Gasteiger partial charge in [0.05, 0.1) is 5.56 Å². The molecule has 1 atom stereocenters. The monoisotopic (exact) mass is 330 g/mol. The molecule has 1 saturated heterocycles. The van der Waals surface area contributed by atoms with E-state index in [-0.39, 0.29) is 19.2 Å². The molecule has 0 unspecified atom stereocenters. The summed E-state index contributed by atoms with van der Waals surface area (Å²) >= 11 is 0. The minimum absolute atomic E-state index is 0.0445. The minimum atomic E-state index is -5.04. The predicted octanol–water partition coefficient (Wildman–Crippen LogP) is 3.35. The summed E-state index contributed by atoms with van der Waals surface area (Å²) in [6.07, 6.45) is -9.79. The van der Waals surface area contributed by atoms with Gasteiger partial charge in [-0.15, -0.1) is 0 Å². The van der Waals surface area contributed by atoms with Crippen LogP contribution in [0.2, 0.25) is 0 Å². The van der Waals surface area contributed by atoms with Crippen LogP contribution in [0.4, 0.5) is 30.7 Å². The maximum absolute atomic E-state index is 13.3. The zero-order valence-electron chi connectivity index (χ0n) is 11.2. The first-order valence-electron chi connectivity index (χ1n) is 6.49. The van der Waals surface area contributed by atoms with Crippen molar-refractivity contribution in [2.45, 2.75) is 18.4 Å². The molecular formula is C13H13F7N2. The fourth-order valence-electron chi connectivity index (χ4n) is 2.48. The Bertz CT molecular complexity index is 518. The number of halogens is 7. The van der Waals surface area contributed by atoms with E-state index < -0.39 is 35.3 Å². The predicted molar refractivity (Wildman–Crippen MR) is 64.6 cm³/mol. The van der Waals surface area contributed by atoms with Crippen molar-refractivity contribution in [2.24, 2.45) is 0 Å². The zero-order valence-corrected chi connectivity index (χ0v) is 11.2. The van der Waals surface area contributed by atoms with E-state index in [0.29, 0.717) is 19.2 Å². The number of hydrogen-bond donors (Lipinski definition) is 1. The molecule has 1 heterocycles. The smallest absolute Gasteiger partial charge is 0.314 e. The van der Waals surface area contributed by atoms with E-state index in [0.717, 1.165) is 11.0 Å². The normalized spacial score (nSPS) is 19.2. The van der Waals surface area contributed by atoms with Crippen LogP contribution in [-0.4, -0.2) is 37.3 Å². The molecule has 1 aromatic carbocycles. The van der Waals surface area contributed by atoms with Gasteiger partial charge in [-0.1, -0.05) is 6.07 Å². The lowest BCUT2D eigenvalue weighted by Crippen LogP contribution is -2.49. The van der Waals surface area contributed by atoms with Gasteiger partial charge in [-0.05, 0) is 17.7 Å². The summed E-state index contributed by atoms with van der Waals surface area (Å²) in [7, 11) is 0. The van der Waals surface area contributed by atoms with Gasteiger partial charge in [0.2, 0.25) is 0 Å². The maximum Gasteiger partial charge on any atom is 0.419 e. The topological polar surface area (TPSA) is 15.3 Å². The Kier molecular flexibility index (Phi) is 4.67. The third kappa shape index (κ3) is 3.70. The fraction of sp³-hybridized carbons (Fsp3) is 0.538. The molecule has 2 rings (SSSR count). The molecule has 1 aliphatic rings. The minimum Gasteiger partial charge on any atom is -0.314 e. The SMILES string of the molecule is Fc1ccc([C@H](N2CCNCC2)C(F)(F)F)cc1C(F)(F)F. The number of nitrogens with one attached hydrogen (secondary N) is 1. The van der Waals surface area contributed by atoms with Crippen molar-refractivity contribution in [1.82, 2.24) is 10.2 Å². The highest BCUT2D eigenvalue weighted by Crippen LogP contribution is 2.40. The van der Waals surface area contributed by atoms with Gasteiger partial charge < -0.3 is 5.32 Å². The third-order valence-corrected chi connectivity index (χ3v) is 3.44. The van der Waals surface area contributed by atoms with Crippen LogP contribution in [0.1, 0.15) is 17.2 Å². The van der Waals surface area contributed by atoms with Crippen LogP contribution < -0.4 is 5.32 Å². The molecule has 0 bridgehead atoms. The number of rotatable bonds is 2. The molecule has 1 aliphatic heterocycles. The summed E-state index contributed by atoms with van der Waals surface area (Å²) in [5, 5.41) is 2.87. The Balaban J connectivity index is 2.44. The first-order chi connectivity index (χ1) is 10.1. The number of alkyl halides is 6. The third-order valence-electron chi connectivity index (χ3n) is 3.44. The Hall–Kier alpha value is -1.35. The van der Waals surface area contributed by atoms with E-state index in [1.165, 1.54) is 0 Å². The van der Waals surface area contributed by atoms with Crippen LogP contribution in [0.5, 0.6) is 0 Å². The van der Waals surface area contributed by atoms with Gasteiger partial charge >= 0.3 is 12.4 Å². The van der Waals surface area contributed by atoms with Crippen LogP contribution in [0.15, 0.2) is 18.2 Å². The van der Waals surface area contributed by atoms with E-state index >= 15 is 0 Å². The highest BCUT2D eigenvalue weighted by atomic mass is 19.4. The molecule has 0 aliphatic carbocycles. The van der Waals surface area contributed by atoms with Gasteiger partial charge in [0.1, 0.15) is 11.9 Å². The van der Waals surface area contributed by atoms with Crippen molar-refractivity contribution in [3.8, 4) is 0 Å². The molecule has 0 spiro atoms. The van der Waals surface area contributed by atoms with Gasteiger partial charge in [-0.25, -0.2) is 4.39 Å². The van der Waals surface area contributed by atoms with Crippen LogP contribution in [0.25, 0.3) is 0 Å². The Morgan fingerprint density at radius 3 is 2.09 bits per heavy atom. The summed E-state index contributed by atoms with van der Waals surface area (Å²) < 4.78 is 91.1. The number of benzene rings is 1. The molecule has 124 valence electrons. The Morgan fingerprint density at radius 2 is 1.59 bits per heavy atom. The van der Waals surface area contributed by atoms with Crippen LogP contribution in [0, 0.1) is 5.82 Å². The summed E-state index contributed by atoms with van der Waals surface area (Å²) in [6.45, 7) is 0.700. The van der Waals surface area contributed by atoms with Gasteiger partial charge in [0.25, 0.3) is 0 Å². The van der Waals surface area contributed by atoms with Crippen LogP contribution in [0.3, 0.4) is 0 Å². The largest absolute Gasteiger partial charge is 0.419 e. The summed E-state index contributed by atoms with van der Waals surface area (Å²) in [6, 6.07) is -0.754. The van der Waals surface area contributed by atoms with Crippen molar-refractivity contribution in [3.05, 3.63) is 35.1 Å². The van der Waals surface area contributed by atoms with Crippen LogP contribution in [-0.2, 0) is 6.18 Å². The summed E-state index contributed by atoms with van der Waals surface area (Å²) in [5.74, 6) is -1.59. The van der Waals surface area contributed by atoms with E-state index in [2.05, 4.69) is 5.32 Å². The molecule has 0 amide bonds. The van der Waals surface area contributed by atoms with Crippen molar-refractivity contribution in [1.29, 1.82) is 0 Å². The highest BCUT2D eigenvalue weighted by molar-refractivity contribution is 5.30. The fourth-order valence-corrected chi connectivity index (χ4v) is 2.48. The highest BCUT2D eigenvalue weighted by Gasteiger charge is 2.46. The van der Waals surface area contributed by atoms with Gasteiger partial charge in [-0.2, -0.15) is 26.3 Å². The second kappa shape index (κ2) is 6.04. The molecule has 1 aromatic rings. The molecule has 0 saturated carbocycles. The number of hydrogen-bond acceptors (Lipinski definition) is 2. The average molecular weight is 330 g/mol. The molecule has 1 N–H and O–H groups in total. The molecule has 2 nitrogen and oxygen atoms in total. The van der Waals surface area contributed by atoms with Gasteiger partial charge in [0, 0.05) is 26.2 Å². The van der Waals surface area contributed by atoms with E-state index in [4.69, 9.17) is 0 Å². The molecule has 0 radical (unpaired) electrons. The standard InChI is InChI=1S/C13H13F7N2/c14-10-2-1-8(7-9(10)12(15,16)17)11(13(18,19)20)22-5-3-21-4-6-22/h1-2,7,11,21H,3-6H2/t11-/m0/s1. The summed E-state index contributed by atoms with van der Waals surface area (Å²) in [4.78, 5) is 1.05. The number of nitrogens with zero attached hydrogens (tertiary/aromatic N) is 1. The molecular weight excluding hydrogens is 317 g/mol. The lowest BCUT2D eigenvalue weighted by molar-refractivity contribution is -0.188. The Morgan fingerprint density at radius 1 is 1.00 bits per heavy atom. The average Bonchev–Trinajstić information content (AvgIpc) is 2.39. The second-order valence-electron chi connectivity index (χ2n) is 4.97. The molecule has 9 heteroatoms. The quantitative estimate of drug-likeness (QED) is 0.837. The van der Waals surface area contributed by atoms with Crippen molar-refractivity contribution >= 4 is 0 Å². The second-order valence-corrected chi connectivity index (χ2v) is 4.97. The van der Waals surface area contributed by atoms with E-state index in [1.807, 2.05) is 0 Å². The lowest BCUT2D eigenvalue weighted by atomic mass is 10.0. The van der Waals surface area contributed by atoms with Gasteiger partial charge in [-0.3, -0.25) is 4.90 Å². The molecule has 1 fully saturated rings. The molecule has 22 heavy (non-hydrogen) atoms. The van der Waals surface area contributed by atoms with Crippen molar-refractivity contribution in [3.63, 3.8) is 0 Å². The van der Waals surface area contributed by atoms with Gasteiger partial charge in [0.15, 0.2) is 0 Å². The van der Waals surface area contributed by atoms with E-state index in [1.54, 1.807) is 0 Å². The first-order valence-corrected chi connectivity index (χ1v) is 6.49. The Labute approximate surface area is 121 Å². The van der Waals surface area contributed by atoms with Crippen molar-refractivity contribution < 1.29 is 30.7 Å². The van der Waals surface area contributed by atoms with Crippen LogP contribution >= 0.6 is 0 Å². The molecule has 0 aromatic heterocycles. The number of piperazine rings is 1. The van der Waals surface area contributed by atoms with Crippen molar-refractivity contribution in [2.75, 3.05) is 26.2 Å². The zero-order chi connectivity index (χ0) is 16.5. The maximum atomic E-state index is 13.3.